The average Bonchev–Trinajstić information content (AvgIpc) is 3.24. The van der Waals surface area contributed by atoms with Gasteiger partial charge in [-0.25, -0.2) is 4.79 Å². The van der Waals surface area contributed by atoms with E-state index in [1.165, 1.54) is 0 Å². The Balaban J connectivity index is 1.78. The van der Waals surface area contributed by atoms with Crippen LogP contribution in [0.5, 0.6) is 0 Å². The van der Waals surface area contributed by atoms with Gasteiger partial charge in [-0.05, 0) is 18.9 Å². The molecule has 1 fully saturated rings. The largest absolute Gasteiger partial charge is 0.441 e. The molecule has 8 nitrogen and oxygen atoms in total. The summed E-state index contributed by atoms with van der Waals surface area (Å²) in [5.41, 5.74) is 0.505. The van der Waals surface area contributed by atoms with E-state index < -0.39 is 28.8 Å². The van der Waals surface area contributed by atoms with Crippen molar-refractivity contribution in [2.75, 3.05) is 0 Å². The minimum Gasteiger partial charge on any atom is -0.441 e. The number of carbonyl (C=O) groups excluding carboxylic acids is 2. The number of esters is 1. The van der Waals surface area contributed by atoms with E-state index in [0.717, 1.165) is 25.0 Å². The summed E-state index contributed by atoms with van der Waals surface area (Å²) < 4.78 is 10.1. The zero-order valence-electron chi connectivity index (χ0n) is 12.5. The highest BCUT2D eigenvalue weighted by atomic mass is 16.7. The molecule has 0 spiro atoms. The molecule has 1 aliphatic carbocycles. The molecule has 1 aromatic carbocycles. The summed E-state index contributed by atoms with van der Waals surface area (Å²) >= 11 is 0. The zero-order chi connectivity index (χ0) is 17.1. The van der Waals surface area contributed by atoms with E-state index in [1.807, 2.05) is 0 Å². The molecule has 1 aromatic heterocycles. The molecule has 1 saturated carbocycles. The lowest BCUT2D eigenvalue weighted by Crippen LogP contribution is -2.33. The Morgan fingerprint density at radius 2 is 1.92 bits per heavy atom. The first-order valence-electron chi connectivity index (χ1n) is 7.35. The number of nitrogens with one attached hydrogen (secondary N) is 1. The van der Waals surface area contributed by atoms with E-state index >= 15 is 0 Å². The number of benzene rings is 1. The van der Waals surface area contributed by atoms with Crippen LogP contribution in [0.1, 0.15) is 35.1 Å². The lowest BCUT2D eigenvalue weighted by atomic mass is 10.1. The molecule has 1 atom stereocenters. The van der Waals surface area contributed by atoms with Crippen molar-refractivity contribution in [2.45, 2.75) is 25.0 Å². The van der Waals surface area contributed by atoms with Crippen LogP contribution in [0.3, 0.4) is 0 Å². The van der Waals surface area contributed by atoms with Gasteiger partial charge in [-0.1, -0.05) is 30.3 Å². The first-order valence-corrected chi connectivity index (χ1v) is 7.35. The van der Waals surface area contributed by atoms with Gasteiger partial charge in [-0.15, -0.1) is 0 Å². The molecule has 1 heterocycles. The monoisotopic (exact) mass is 330 g/mol. The second-order valence-corrected chi connectivity index (χ2v) is 5.37. The van der Waals surface area contributed by atoms with Gasteiger partial charge < -0.3 is 14.5 Å². The summed E-state index contributed by atoms with van der Waals surface area (Å²) in [5.74, 6) is -2.27. The fraction of sp³-hybridized carbons (Fsp3) is 0.250. The molecule has 124 valence electrons. The van der Waals surface area contributed by atoms with E-state index in [2.05, 4.69) is 5.32 Å². The fourth-order valence-electron chi connectivity index (χ4n) is 2.11. The van der Waals surface area contributed by atoms with E-state index in [-0.39, 0.29) is 11.8 Å². The summed E-state index contributed by atoms with van der Waals surface area (Å²) in [7, 11) is 0. The molecule has 1 N–H and O–H groups in total. The highest BCUT2D eigenvalue weighted by Gasteiger charge is 2.32. The van der Waals surface area contributed by atoms with Gasteiger partial charge in [0.1, 0.15) is 4.92 Å². The molecular formula is C16H14N2O6. The van der Waals surface area contributed by atoms with Crippen LogP contribution < -0.4 is 5.32 Å². The molecule has 0 bridgehead atoms. The van der Waals surface area contributed by atoms with Crippen molar-refractivity contribution >= 4 is 17.8 Å². The highest BCUT2D eigenvalue weighted by Crippen LogP contribution is 2.25. The lowest BCUT2D eigenvalue weighted by molar-refractivity contribution is -0.402. The summed E-state index contributed by atoms with van der Waals surface area (Å²) in [6.07, 6.45) is 0.639. The van der Waals surface area contributed by atoms with Crippen LogP contribution in [-0.2, 0) is 9.53 Å². The number of furan rings is 1. The molecule has 1 amide bonds. The summed E-state index contributed by atoms with van der Waals surface area (Å²) in [6, 6.07) is 10.8. The number of nitro groups is 1. The fourth-order valence-corrected chi connectivity index (χ4v) is 2.11. The molecule has 0 radical (unpaired) electrons. The SMILES string of the molecule is O=C(OC(C(=O)NC1CC1)c1ccccc1)c1ccc([N+](=O)[O-])o1. The maximum absolute atomic E-state index is 12.3. The van der Waals surface area contributed by atoms with Crippen molar-refractivity contribution in [3.05, 3.63) is 63.9 Å². The molecule has 1 unspecified atom stereocenters. The third kappa shape index (κ3) is 3.60. The predicted octanol–water partition coefficient (Wildman–Crippen LogP) is 2.36. The summed E-state index contributed by atoms with van der Waals surface area (Å²) in [6.45, 7) is 0. The minimum absolute atomic E-state index is 0.104. The van der Waals surface area contributed by atoms with Gasteiger partial charge in [0.05, 0.1) is 6.07 Å². The Kier molecular flexibility index (Phi) is 4.28. The summed E-state index contributed by atoms with van der Waals surface area (Å²) in [4.78, 5) is 34.4. The number of nitrogens with zero attached hydrogens (tertiary/aromatic N) is 1. The van der Waals surface area contributed by atoms with Crippen molar-refractivity contribution in [3.63, 3.8) is 0 Å². The Morgan fingerprint density at radius 1 is 1.21 bits per heavy atom. The number of hydrogen-bond donors (Lipinski definition) is 1. The van der Waals surface area contributed by atoms with Gasteiger partial charge in [0.15, 0.2) is 0 Å². The van der Waals surface area contributed by atoms with Gasteiger partial charge >= 0.3 is 11.9 Å². The molecule has 1 aliphatic rings. The first-order chi connectivity index (χ1) is 11.5. The Labute approximate surface area is 136 Å². The molecule has 24 heavy (non-hydrogen) atoms. The van der Waals surface area contributed by atoms with Gasteiger partial charge in [-0.3, -0.25) is 14.9 Å². The molecule has 3 rings (SSSR count). The topological polar surface area (TPSA) is 112 Å². The smallest absolute Gasteiger partial charge is 0.433 e. The number of amides is 1. The predicted molar refractivity (Wildman–Crippen MR) is 81.1 cm³/mol. The van der Waals surface area contributed by atoms with E-state index in [4.69, 9.17) is 9.15 Å². The molecule has 0 saturated heterocycles. The standard InChI is InChI=1S/C16H14N2O6/c19-15(17-11-6-7-11)14(10-4-2-1-3-5-10)24-16(20)12-8-9-13(23-12)18(21)22/h1-5,8-9,11,14H,6-7H2,(H,17,19). The van der Waals surface area contributed by atoms with Gasteiger partial charge in [0.25, 0.3) is 5.91 Å². The lowest BCUT2D eigenvalue weighted by Gasteiger charge is -2.17. The van der Waals surface area contributed by atoms with E-state index in [9.17, 15) is 19.7 Å². The number of carbonyl (C=O) groups is 2. The maximum Gasteiger partial charge on any atom is 0.433 e. The van der Waals surface area contributed by atoms with Crippen molar-refractivity contribution in [1.29, 1.82) is 0 Å². The second-order valence-electron chi connectivity index (χ2n) is 5.37. The van der Waals surface area contributed by atoms with Crippen molar-refractivity contribution in [2.24, 2.45) is 0 Å². The number of hydrogen-bond acceptors (Lipinski definition) is 6. The third-order valence-corrected chi connectivity index (χ3v) is 3.46. The normalized spacial score (nSPS) is 14.7. The zero-order valence-corrected chi connectivity index (χ0v) is 12.5. The Hall–Kier alpha value is -3.16. The first kappa shape index (κ1) is 15.7. The Morgan fingerprint density at radius 3 is 2.50 bits per heavy atom. The van der Waals surface area contributed by atoms with E-state index in [1.54, 1.807) is 30.3 Å². The van der Waals surface area contributed by atoms with Crippen molar-refractivity contribution < 1.29 is 23.7 Å². The van der Waals surface area contributed by atoms with E-state index in [0.29, 0.717) is 5.56 Å². The maximum atomic E-state index is 12.3. The summed E-state index contributed by atoms with van der Waals surface area (Å²) in [5, 5.41) is 13.4. The quantitative estimate of drug-likeness (QED) is 0.494. The van der Waals surface area contributed by atoms with Crippen LogP contribution in [-0.4, -0.2) is 22.8 Å². The van der Waals surface area contributed by atoms with Crippen molar-refractivity contribution in [3.8, 4) is 0 Å². The number of ether oxygens (including phenoxy) is 1. The Bertz CT molecular complexity index is 766. The molecule has 2 aromatic rings. The van der Waals surface area contributed by atoms with Crippen LogP contribution in [0.2, 0.25) is 0 Å². The van der Waals surface area contributed by atoms with Crippen molar-refractivity contribution in [1.82, 2.24) is 5.32 Å². The van der Waals surface area contributed by atoms with Gasteiger partial charge in [-0.2, -0.15) is 0 Å². The average molecular weight is 330 g/mol. The number of rotatable bonds is 6. The van der Waals surface area contributed by atoms with Crippen LogP contribution in [0.25, 0.3) is 0 Å². The van der Waals surface area contributed by atoms with Crippen LogP contribution in [0.4, 0.5) is 5.88 Å². The second kappa shape index (κ2) is 6.53. The molecular weight excluding hydrogens is 316 g/mol. The minimum atomic E-state index is -1.15. The highest BCUT2D eigenvalue weighted by molar-refractivity contribution is 5.91. The van der Waals surface area contributed by atoms with Gasteiger partial charge in [0.2, 0.25) is 11.9 Å². The van der Waals surface area contributed by atoms with Gasteiger partial charge in [0, 0.05) is 11.6 Å². The van der Waals surface area contributed by atoms with Crippen LogP contribution in [0, 0.1) is 10.1 Å². The molecule has 8 heteroatoms. The third-order valence-electron chi connectivity index (χ3n) is 3.46. The van der Waals surface area contributed by atoms with Crippen LogP contribution in [0.15, 0.2) is 46.9 Å². The van der Waals surface area contributed by atoms with Crippen LogP contribution >= 0.6 is 0 Å². The molecule has 0 aliphatic heterocycles.